The van der Waals surface area contributed by atoms with Crippen LogP contribution < -0.4 is 0 Å². The van der Waals surface area contributed by atoms with E-state index < -0.39 is 26.7 Å². The second-order valence-electron chi connectivity index (χ2n) is 20.4. The first-order valence-electron chi connectivity index (χ1n) is 26.4. The largest absolute Gasteiger partial charge is 0.759 e. The lowest BCUT2D eigenvalue weighted by Crippen LogP contribution is -2.67. The van der Waals surface area contributed by atoms with Gasteiger partial charge in [0.15, 0.2) is 6.54 Å². The van der Waals surface area contributed by atoms with Crippen molar-refractivity contribution in [2.75, 3.05) is 89.1 Å². The first-order chi connectivity index (χ1) is 30.6. The Morgan fingerprint density at radius 1 is 0.409 bits per heavy atom. The van der Waals surface area contributed by atoms with Crippen molar-refractivity contribution in [2.24, 2.45) is 0 Å². The minimum atomic E-state index is -5.17. The Bertz CT molecular complexity index is 1120. The first kappa shape index (κ1) is 74.4. The quantitative estimate of drug-likeness (QED) is 0.0149. The van der Waals surface area contributed by atoms with Crippen LogP contribution in [0.4, 0.5) is 0 Å². The zero-order valence-corrected chi connectivity index (χ0v) is 47.1. The number of hydrogen-bond donors (Lipinski definition) is 4. The van der Waals surface area contributed by atoms with Gasteiger partial charge in [-0.05, 0) is 79.8 Å². The Morgan fingerprint density at radius 3 is 0.833 bits per heavy atom. The molecule has 0 rings (SSSR count). The monoisotopic (exact) mass is 995 g/mol. The highest BCUT2D eigenvalue weighted by molar-refractivity contribution is 7.80. The van der Waals surface area contributed by atoms with Crippen LogP contribution >= 0.6 is 0 Å². The summed E-state index contributed by atoms with van der Waals surface area (Å²) in [4.78, 5) is 4.55. The van der Waals surface area contributed by atoms with Crippen molar-refractivity contribution < 1.29 is 54.2 Å². The van der Waals surface area contributed by atoms with E-state index in [1.54, 1.807) is 0 Å². The third-order valence-corrected chi connectivity index (χ3v) is 11.7. The lowest BCUT2D eigenvalue weighted by Gasteiger charge is -2.44. The number of likely N-dealkylation sites (N-methyl/N-ethyl adjacent to an activating group) is 2. The molecular formula is C50H114N4O10S2. The standard InChI is InChI=1S/C26H58N2O2.2C12H27N.2H2O4S/c1-7-9-11-13-15-17-19-21-23-27(3,4)25-26(29,30)28(5,6)24-22-20-18-16-14-12-10-8-2;2*1-4-5-6-7-8-9-10-11-12-13(2)3;2*1-5(2,3)4/h29-30H,7-25H2,1-6H3;2*4-12H2,1-3H3;2*(H2,1,2,3,4)/q+2;;;;/p-2. The smallest absolute Gasteiger partial charge is 0.394 e. The molecule has 0 atom stereocenters. The third-order valence-electron chi connectivity index (χ3n) is 11.7. The van der Waals surface area contributed by atoms with Crippen molar-refractivity contribution in [1.29, 1.82) is 0 Å². The van der Waals surface area contributed by atoms with Gasteiger partial charge in [0.25, 0.3) is 0 Å². The number of aliphatic hydroxyl groups is 2. The topological polar surface area (TPSA) is 202 Å². The highest BCUT2D eigenvalue weighted by Gasteiger charge is 2.47. The van der Waals surface area contributed by atoms with E-state index in [2.05, 4.69) is 79.8 Å². The molecule has 0 aliphatic rings. The van der Waals surface area contributed by atoms with E-state index in [0.717, 1.165) is 19.5 Å². The van der Waals surface area contributed by atoms with Gasteiger partial charge in [-0.2, -0.15) is 8.42 Å². The maximum atomic E-state index is 10.9. The highest BCUT2D eigenvalue weighted by Crippen LogP contribution is 2.22. The molecule has 0 saturated carbocycles. The third kappa shape index (κ3) is 77.7. The maximum Gasteiger partial charge on any atom is 0.394 e. The van der Waals surface area contributed by atoms with Crippen LogP contribution in [-0.4, -0.2) is 159 Å². The zero-order chi connectivity index (χ0) is 51.8. The summed E-state index contributed by atoms with van der Waals surface area (Å²) < 4.78 is 66.6. The molecule has 0 aliphatic heterocycles. The molecule has 0 radical (unpaired) electrons. The summed E-state index contributed by atoms with van der Waals surface area (Å²) in [5.74, 6) is -1.68. The maximum absolute atomic E-state index is 10.9. The van der Waals surface area contributed by atoms with E-state index in [9.17, 15) is 10.2 Å². The summed E-state index contributed by atoms with van der Waals surface area (Å²) in [6, 6.07) is 0. The van der Waals surface area contributed by atoms with E-state index in [-0.39, 0.29) is 4.48 Å². The van der Waals surface area contributed by atoms with Gasteiger partial charge in [-0.25, -0.2) is 0 Å². The van der Waals surface area contributed by atoms with Gasteiger partial charge in [-0.15, -0.1) is 0 Å². The molecule has 0 aromatic carbocycles. The van der Waals surface area contributed by atoms with E-state index in [1.807, 2.05) is 14.1 Å². The predicted molar refractivity (Wildman–Crippen MR) is 278 cm³/mol. The Labute approximate surface area is 411 Å². The Morgan fingerprint density at radius 2 is 0.606 bits per heavy atom. The predicted octanol–water partition coefficient (Wildman–Crippen LogP) is 11.4. The molecule has 16 heteroatoms. The molecule has 4 N–H and O–H groups in total. The summed E-state index contributed by atoms with van der Waals surface area (Å²) in [5.41, 5.74) is 0. The first-order valence-corrected chi connectivity index (χ1v) is 29.1. The summed E-state index contributed by atoms with van der Waals surface area (Å²) in [5, 5.41) is 21.8. The second kappa shape index (κ2) is 49.5. The van der Waals surface area contributed by atoms with Crippen molar-refractivity contribution in [2.45, 2.75) is 239 Å². The number of hydrogen-bond acceptors (Lipinski definition) is 10. The van der Waals surface area contributed by atoms with Gasteiger partial charge in [0.2, 0.25) is 0 Å². The van der Waals surface area contributed by atoms with Crippen LogP contribution in [0.15, 0.2) is 0 Å². The van der Waals surface area contributed by atoms with Gasteiger partial charge < -0.3 is 33.6 Å². The number of unbranched alkanes of at least 4 members (excludes halogenated alkanes) is 28. The fourth-order valence-electron chi connectivity index (χ4n) is 7.46. The number of rotatable bonds is 39. The minimum absolute atomic E-state index is 0.266. The van der Waals surface area contributed by atoms with Gasteiger partial charge in [0, 0.05) is 10.4 Å². The average Bonchev–Trinajstić information content (AvgIpc) is 3.17. The van der Waals surface area contributed by atoms with E-state index in [1.165, 1.54) is 212 Å². The molecule has 0 amide bonds. The van der Waals surface area contributed by atoms with Crippen LogP contribution in [0.5, 0.6) is 0 Å². The van der Waals surface area contributed by atoms with Crippen LogP contribution in [0.25, 0.3) is 0 Å². The van der Waals surface area contributed by atoms with Gasteiger partial charge in [-0.1, -0.05) is 195 Å². The summed E-state index contributed by atoms with van der Waals surface area (Å²) in [6.07, 6.45) is 43.5. The average molecular weight is 996 g/mol. The van der Waals surface area contributed by atoms with Crippen molar-refractivity contribution in [3.05, 3.63) is 0 Å². The number of nitrogens with zero attached hydrogens (tertiary/aromatic N) is 4. The fourth-order valence-corrected chi connectivity index (χ4v) is 7.46. The Hall–Kier alpha value is -0.500. The minimum Gasteiger partial charge on any atom is -0.759 e. The van der Waals surface area contributed by atoms with Crippen LogP contribution in [-0.2, 0) is 20.8 Å². The van der Waals surface area contributed by atoms with Gasteiger partial charge in [-0.3, -0.25) is 22.0 Å². The van der Waals surface area contributed by atoms with Crippen molar-refractivity contribution >= 4 is 20.8 Å². The molecule has 14 nitrogen and oxygen atoms in total. The highest BCUT2D eigenvalue weighted by atomic mass is 32.3. The molecule has 0 aliphatic carbocycles. The molecule has 0 unspecified atom stereocenters. The molecule has 0 spiro atoms. The van der Waals surface area contributed by atoms with Gasteiger partial charge in [0.05, 0.1) is 41.3 Å². The molecule has 0 saturated heterocycles. The molecule has 0 fully saturated rings. The molecule has 0 heterocycles. The number of quaternary nitrogens is 2. The molecule has 0 aromatic rings. The van der Waals surface area contributed by atoms with Crippen LogP contribution in [0, 0.1) is 0 Å². The second-order valence-corrected chi connectivity index (χ2v) is 22.1. The SMILES string of the molecule is CCCCCCCCCCN(C)C.CCCCCCCCCCN(C)C.CCCCCCCCCC[N+](C)(C)CC(O)(O)[N+](C)(C)CCCCCCCCCC.O=S(=O)(O)O.O=S(=O)([O-])[O-]. The lowest BCUT2D eigenvalue weighted by molar-refractivity contribution is -1.03. The molecule has 406 valence electrons. The Kier molecular flexibility index (Phi) is 55.8. The Balaban J connectivity index is -0.000000283. The van der Waals surface area contributed by atoms with Crippen LogP contribution in [0.2, 0.25) is 0 Å². The normalized spacial score (nSPS) is 12.1. The van der Waals surface area contributed by atoms with Crippen molar-refractivity contribution in [1.82, 2.24) is 9.80 Å². The van der Waals surface area contributed by atoms with Crippen LogP contribution in [0.3, 0.4) is 0 Å². The zero-order valence-electron chi connectivity index (χ0n) is 45.5. The van der Waals surface area contributed by atoms with Crippen molar-refractivity contribution in [3.63, 3.8) is 0 Å². The summed E-state index contributed by atoms with van der Waals surface area (Å²) in [6.45, 7) is 13.8. The van der Waals surface area contributed by atoms with E-state index in [4.69, 9.17) is 35.0 Å². The summed E-state index contributed by atoms with van der Waals surface area (Å²) in [7, 11) is 7.00. The van der Waals surface area contributed by atoms with Crippen LogP contribution in [0.1, 0.15) is 233 Å². The summed E-state index contributed by atoms with van der Waals surface area (Å²) >= 11 is 0. The molecular weight excluding hydrogens is 881 g/mol. The van der Waals surface area contributed by atoms with Gasteiger partial charge in [0.1, 0.15) is 0 Å². The van der Waals surface area contributed by atoms with Crippen molar-refractivity contribution in [3.8, 4) is 0 Å². The van der Waals surface area contributed by atoms with E-state index in [0.29, 0.717) is 11.0 Å². The van der Waals surface area contributed by atoms with E-state index >= 15 is 0 Å². The molecule has 66 heavy (non-hydrogen) atoms. The lowest BCUT2D eigenvalue weighted by atomic mass is 10.1. The van der Waals surface area contributed by atoms with Gasteiger partial charge >= 0.3 is 16.3 Å². The molecule has 0 aromatic heterocycles. The molecule has 0 bridgehead atoms. The fraction of sp³-hybridized carbons (Fsp3) is 1.00.